The molecule has 0 fully saturated rings. The second-order valence-electron chi connectivity index (χ2n) is 3.80. The summed E-state index contributed by atoms with van der Waals surface area (Å²) in [6.07, 6.45) is 2.17. The van der Waals surface area contributed by atoms with Crippen molar-refractivity contribution in [1.29, 1.82) is 0 Å². The topological polar surface area (TPSA) is 30.5 Å². The summed E-state index contributed by atoms with van der Waals surface area (Å²) in [6.45, 7) is 2.50. The Labute approximate surface area is 108 Å². The molecule has 0 aromatic heterocycles. The van der Waals surface area contributed by atoms with Crippen LogP contribution in [0.25, 0.3) is 0 Å². The predicted octanol–water partition coefficient (Wildman–Crippen LogP) is 2.86. The Morgan fingerprint density at radius 1 is 1.24 bits per heavy atom. The fourth-order valence-corrected chi connectivity index (χ4v) is 1.84. The lowest BCUT2D eigenvalue weighted by Crippen LogP contribution is -2.16. The summed E-state index contributed by atoms with van der Waals surface area (Å²) in [5.41, 5.74) is 1.02. The molecule has 0 amide bonds. The second-order valence-corrected chi connectivity index (χ2v) is 4.20. The summed E-state index contributed by atoms with van der Waals surface area (Å²) < 4.78 is 10.3. The van der Waals surface area contributed by atoms with Crippen LogP contribution >= 0.6 is 11.6 Å². The van der Waals surface area contributed by atoms with Gasteiger partial charge in [0, 0.05) is 30.8 Å². The summed E-state index contributed by atoms with van der Waals surface area (Å²) in [5, 5.41) is 4.10. The third kappa shape index (κ3) is 4.94. The molecule has 3 nitrogen and oxygen atoms in total. The van der Waals surface area contributed by atoms with E-state index in [0.29, 0.717) is 0 Å². The first-order valence-electron chi connectivity index (χ1n) is 5.80. The summed E-state index contributed by atoms with van der Waals surface area (Å²) in [5.74, 6) is 0.835. The van der Waals surface area contributed by atoms with Gasteiger partial charge >= 0.3 is 0 Å². The van der Waals surface area contributed by atoms with Gasteiger partial charge in [-0.3, -0.25) is 0 Å². The molecule has 0 heterocycles. The fourth-order valence-electron chi connectivity index (χ4n) is 1.61. The van der Waals surface area contributed by atoms with Gasteiger partial charge in [0.15, 0.2) is 0 Å². The van der Waals surface area contributed by atoms with Crippen molar-refractivity contribution < 1.29 is 9.47 Å². The molecule has 0 saturated carbocycles. The van der Waals surface area contributed by atoms with E-state index in [9.17, 15) is 0 Å². The Hall–Kier alpha value is -0.770. The average molecular weight is 258 g/mol. The number of methoxy groups -OCH3 is 2. The number of halogens is 1. The zero-order valence-electron chi connectivity index (χ0n) is 10.5. The molecule has 4 heteroatoms. The van der Waals surface area contributed by atoms with Crippen LogP contribution in [0.15, 0.2) is 18.2 Å². The largest absolute Gasteiger partial charge is 0.496 e. The molecule has 96 valence electrons. The van der Waals surface area contributed by atoms with Gasteiger partial charge in [-0.2, -0.15) is 0 Å². The van der Waals surface area contributed by atoms with E-state index in [-0.39, 0.29) is 0 Å². The van der Waals surface area contributed by atoms with Crippen LogP contribution in [-0.4, -0.2) is 27.4 Å². The van der Waals surface area contributed by atoms with Gasteiger partial charge in [-0.05, 0) is 31.5 Å². The van der Waals surface area contributed by atoms with Gasteiger partial charge in [-0.15, -0.1) is 0 Å². The van der Waals surface area contributed by atoms with Crippen LogP contribution in [0.1, 0.15) is 18.4 Å². The van der Waals surface area contributed by atoms with Crippen molar-refractivity contribution in [3.05, 3.63) is 28.8 Å². The minimum Gasteiger partial charge on any atom is -0.496 e. The summed E-state index contributed by atoms with van der Waals surface area (Å²) in [4.78, 5) is 0. The molecule has 1 aromatic carbocycles. The van der Waals surface area contributed by atoms with E-state index in [1.165, 1.54) is 0 Å². The molecule has 0 aliphatic rings. The van der Waals surface area contributed by atoms with Crippen molar-refractivity contribution in [2.24, 2.45) is 0 Å². The highest BCUT2D eigenvalue weighted by Gasteiger charge is 2.06. The van der Waals surface area contributed by atoms with E-state index in [1.54, 1.807) is 14.2 Å². The van der Waals surface area contributed by atoms with Crippen molar-refractivity contribution in [1.82, 2.24) is 5.32 Å². The van der Waals surface area contributed by atoms with Crippen molar-refractivity contribution in [3.8, 4) is 5.75 Å². The summed E-state index contributed by atoms with van der Waals surface area (Å²) >= 11 is 6.13. The molecule has 0 atom stereocenters. The maximum absolute atomic E-state index is 6.13. The molecule has 0 aliphatic carbocycles. The highest BCUT2D eigenvalue weighted by molar-refractivity contribution is 6.31. The second kappa shape index (κ2) is 8.34. The maximum atomic E-state index is 6.13. The monoisotopic (exact) mass is 257 g/mol. The van der Waals surface area contributed by atoms with Crippen LogP contribution < -0.4 is 10.1 Å². The van der Waals surface area contributed by atoms with Crippen molar-refractivity contribution in [3.63, 3.8) is 0 Å². The highest BCUT2D eigenvalue weighted by atomic mass is 35.5. The lowest BCUT2D eigenvalue weighted by atomic mass is 10.2. The van der Waals surface area contributed by atoms with Gasteiger partial charge in [-0.25, -0.2) is 0 Å². The zero-order valence-corrected chi connectivity index (χ0v) is 11.2. The summed E-state index contributed by atoms with van der Waals surface area (Å²) in [7, 11) is 3.38. The van der Waals surface area contributed by atoms with Crippen LogP contribution in [0.5, 0.6) is 5.75 Å². The number of nitrogens with one attached hydrogen (secondary N) is 1. The third-order valence-corrected chi connectivity index (χ3v) is 2.90. The van der Waals surface area contributed by atoms with Gasteiger partial charge in [0.25, 0.3) is 0 Å². The van der Waals surface area contributed by atoms with Crippen LogP contribution in [-0.2, 0) is 11.3 Å². The predicted molar refractivity (Wildman–Crippen MR) is 70.8 cm³/mol. The molecular formula is C13H20ClNO2. The molecule has 0 saturated heterocycles. The van der Waals surface area contributed by atoms with E-state index >= 15 is 0 Å². The SMILES string of the molecule is COCCCCNCc1c(Cl)cccc1OC. The minimum atomic E-state index is 0.732. The van der Waals surface area contributed by atoms with Gasteiger partial charge < -0.3 is 14.8 Å². The lowest BCUT2D eigenvalue weighted by Gasteiger charge is -2.11. The van der Waals surface area contributed by atoms with Crippen molar-refractivity contribution >= 4 is 11.6 Å². The maximum Gasteiger partial charge on any atom is 0.124 e. The van der Waals surface area contributed by atoms with E-state index < -0.39 is 0 Å². The normalized spacial score (nSPS) is 10.5. The van der Waals surface area contributed by atoms with Gasteiger partial charge in [0.1, 0.15) is 5.75 Å². The number of hydrogen-bond donors (Lipinski definition) is 1. The number of benzene rings is 1. The molecule has 0 unspecified atom stereocenters. The minimum absolute atomic E-state index is 0.732. The van der Waals surface area contributed by atoms with Crippen LogP contribution in [0, 0.1) is 0 Å². The molecule has 1 N–H and O–H groups in total. The molecule has 0 bridgehead atoms. The number of rotatable bonds is 8. The first kappa shape index (κ1) is 14.3. The highest BCUT2D eigenvalue weighted by Crippen LogP contribution is 2.25. The number of ether oxygens (including phenoxy) is 2. The van der Waals surface area contributed by atoms with E-state index in [4.69, 9.17) is 21.1 Å². The molecule has 0 radical (unpaired) electrons. The first-order chi connectivity index (χ1) is 8.29. The number of hydrogen-bond acceptors (Lipinski definition) is 3. The molecule has 0 aliphatic heterocycles. The Kier molecular flexibility index (Phi) is 7.01. The standard InChI is InChI=1S/C13H20ClNO2/c1-16-9-4-3-8-15-10-11-12(14)6-5-7-13(11)17-2/h5-7,15H,3-4,8-10H2,1-2H3. The Morgan fingerprint density at radius 3 is 2.76 bits per heavy atom. The zero-order chi connectivity index (χ0) is 12.5. The Balaban J connectivity index is 2.35. The third-order valence-electron chi connectivity index (χ3n) is 2.55. The van der Waals surface area contributed by atoms with E-state index in [1.807, 2.05) is 18.2 Å². The quantitative estimate of drug-likeness (QED) is 0.727. The van der Waals surface area contributed by atoms with Crippen LogP contribution in [0.2, 0.25) is 5.02 Å². The van der Waals surface area contributed by atoms with Crippen molar-refractivity contribution in [2.45, 2.75) is 19.4 Å². The van der Waals surface area contributed by atoms with E-state index in [0.717, 1.165) is 48.9 Å². The lowest BCUT2D eigenvalue weighted by molar-refractivity contribution is 0.192. The molecular weight excluding hydrogens is 238 g/mol. The summed E-state index contributed by atoms with van der Waals surface area (Å²) in [6, 6.07) is 5.70. The Bertz CT molecular complexity index is 331. The molecule has 17 heavy (non-hydrogen) atoms. The van der Waals surface area contributed by atoms with Crippen molar-refractivity contribution in [2.75, 3.05) is 27.4 Å². The van der Waals surface area contributed by atoms with Gasteiger partial charge in [-0.1, -0.05) is 17.7 Å². The van der Waals surface area contributed by atoms with Crippen LogP contribution in [0.3, 0.4) is 0 Å². The molecule has 1 rings (SSSR count). The fraction of sp³-hybridized carbons (Fsp3) is 0.538. The Morgan fingerprint density at radius 2 is 2.06 bits per heavy atom. The van der Waals surface area contributed by atoms with Crippen LogP contribution in [0.4, 0.5) is 0 Å². The first-order valence-corrected chi connectivity index (χ1v) is 6.18. The smallest absolute Gasteiger partial charge is 0.124 e. The number of unbranched alkanes of at least 4 members (excludes halogenated alkanes) is 1. The molecule has 1 aromatic rings. The molecule has 0 spiro atoms. The van der Waals surface area contributed by atoms with Gasteiger partial charge in [0.2, 0.25) is 0 Å². The van der Waals surface area contributed by atoms with E-state index in [2.05, 4.69) is 5.32 Å². The van der Waals surface area contributed by atoms with Gasteiger partial charge in [0.05, 0.1) is 7.11 Å². The average Bonchev–Trinajstić information content (AvgIpc) is 2.35.